The maximum absolute atomic E-state index is 12.3. The molecule has 0 aliphatic carbocycles. The lowest BCUT2D eigenvalue weighted by atomic mass is 10.2. The summed E-state index contributed by atoms with van der Waals surface area (Å²) in [5.41, 5.74) is 7.08. The standard InChI is InChI=1S/C12H12BrN3O3S2/c1-7-5-10(20-11(7)13)21(18,19)16-9-4-2-3-8(6-9)12(14)15-17/h2-6,16-17H,1H3,(H2,14,15). The molecule has 0 unspecified atom stereocenters. The van der Waals surface area contributed by atoms with E-state index in [4.69, 9.17) is 10.9 Å². The zero-order chi connectivity index (χ0) is 15.6. The molecule has 0 spiro atoms. The summed E-state index contributed by atoms with van der Waals surface area (Å²) in [6, 6.07) is 7.88. The first-order valence-electron chi connectivity index (χ1n) is 5.70. The van der Waals surface area contributed by atoms with Crippen LogP contribution >= 0.6 is 27.3 Å². The van der Waals surface area contributed by atoms with Crippen LogP contribution in [0, 0.1) is 6.92 Å². The number of aryl methyl sites for hydroxylation is 1. The minimum Gasteiger partial charge on any atom is -0.409 e. The number of sulfonamides is 1. The lowest BCUT2D eigenvalue weighted by Crippen LogP contribution is -2.15. The molecule has 2 rings (SSSR count). The number of amidine groups is 1. The highest BCUT2D eigenvalue weighted by atomic mass is 79.9. The maximum atomic E-state index is 12.3. The molecule has 0 aliphatic rings. The van der Waals surface area contributed by atoms with Gasteiger partial charge in [-0.25, -0.2) is 8.42 Å². The second-order valence-corrected chi connectivity index (χ2v) is 8.47. The number of benzene rings is 1. The average Bonchev–Trinajstić information content (AvgIpc) is 2.78. The number of rotatable bonds is 4. The van der Waals surface area contributed by atoms with Gasteiger partial charge in [0.25, 0.3) is 10.0 Å². The number of oxime groups is 1. The van der Waals surface area contributed by atoms with E-state index >= 15 is 0 Å². The molecule has 9 heteroatoms. The Hall–Kier alpha value is -1.58. The first-order valence-corrected chi connectivity index (χ1v) is 8.79. The molecule has 0 saturated carbocycles. The van der Waals surface area contributed by atoms with Crippen LogP contribution in [0.1, 0.15) is 11.1 Å². The van der Waals surface area contributed by atoms with Crippen molar-refractivity contribution in [1.82, 2.24) is 0 Å². The molecule has 21 heavy (non-hydrogen) atoms. The van der Waals surface area contributed by atoms with Crippen LogP contribution in [0.3, 0.4) is 0 Å². The molecule has 112 valence electrons. The van der Waals surface area contributed by atoms with Gasteiger partial charge in [0.2, 0.25) is 0 Å². The van der Waals surface area contributed by atoms with Gasteiger partial charge in [0, 0.05) is 11.3 Å². The largest absolute Gasteiger partial charge is 0.409 e. The van der Waals surface area contributed by atoms with Crippen LogP contribution in [0.15, 0.2) is 43.5 Å². The Labute approximate surface area is 134 Å². The van der Waals surface area contributed by atoms with Crippen LogP contribution < -0.4 is 10.5 Å². The number of anilines is 1. The second kappa shape index (κ2) is 6.04. The Morgan fingerprint density at radius 1 is 1.43 bits per heavy atom. The predicted octanol–water partition coefficient (Wildman–Crippen LogP) is 2.71. The van der Waals surface area contributed by atoms with Crippen LogP contribution in [0.2, 0.25) is 0 Å². The second-order valence-electron chi connectivity index (χ2n) is 4.19. The third-order valence-electron chi connectivity index (χ3n) is 2.62. The molecule has 0 radical (unpaired) electrons. The van der Waals surface area contributed by atoms with Gasteiger partial charge in [0.1, 0.15) is 4.21 Å². The van der Waals surface area contributed by atoms with E-state index in [-0.39, 0.29) is 10.0 Å². The van der Waals surface area contributed by atoms with Crippen molar-refractivity contribution in [2.45, 2.75) is 11.1 Å². The summed E-state index contributed by atoms with van der Waals surface area (Å²) in [6.07, 6.45) is 0. The molecule has 0 atom stereocenters. The van der Waals surface area contributed by atoms with E-state index in [1.807, 2.05) is 6.92 Å². The molecular weight excluding hydrogens is 378 g/mol. The van der Waals surface area contributed by atoms with E-state index < -0.39 is 10.0 Å². The first-order chi connectivity index (χ1) is 9.83. The fourth-order valence-corrected chi connectivity index (χ4v) is 4.84. The third kappa shape index (κ3) is 3.55. The maximum Gasteiger partial charge on any atom is 0.271 e. The van der Waals surface area contributed by atoms with Crippen LogP contribution in [-0.2, 0) is 10.0 Å². The van der Waals surface area contributed by atoms with Gasteiger partial charge >= 0.3 is 0 Å². The number of nitrogens with zero attached hydrogens (tertiary/aromatic N) is 1. The average molecular weight is 390 g/mol. The summed E-state index contributed by atoms with van der Waals surface area (Å²) in [5, 5.41) is 11.5. The smallest absolute Gasteiger partial charge is 0.271 e. The summed E-state index contributed by atoms with van der Waals surface area (Å²) >= 11 is 4.43. The van der Waals surface area contributed by atoms with Gasteiger partial charge in [-0.15, -0.1) is 11.3 Å². The molecule has 0 amide bonds. The molecule has 0 aliphatic heterocycles. The van der Waals surface area contributed by atoms with Gasteiger partial charge in [0.15, 0.2) is 5.84 Å². The Morgan fingerprint density at radius 2 is 2.14 bits per heavy atom. The van der Waals surface area contributed by atoms with Crippen molar-refractivity contribution < 1.29 is 13.6 Å². The Kier molecular flexibility index (Phi) is 4.55. The molecule has 6 nitrogen and oxygen atoms in total. The number of nitrogens with two attached hydrogens (primary N) is 1. The summed E-state index contributed by atoms with van der Waals surface area (Å²) < 4.78 is 28.0. The molecule has 1 aromatic heterocycles. The zero-order valence-corrected chi connectivity index (χ0v) is 14.1. The fourth-order valence-electron chi connectivity index (χ4n) is 1.57. The van der Waals surface area contributed by atoms with Gasteiger partial charge in [0.05, 0.1) is 3.79 Å². The summed E-state index contributed by atoms with van der Waals surface area (Å²) in [4.78, 5) is 0. The van der Waals surface area contributed by atoms with Crippen LogP contribution in [0.5, 0.6) is 0 Å². The Balaban J connectivity index is 2.33. The molecule has 0 fully saturated rings. The lowest BCUT2D eigenvalue weighted by molar-refractivity contribution is 0.318. The van der Waals surface area contributed by atoms with E-state index in [0.29, 0.717) is 11.3 Å². The topological polar surface area (TPSA) is 105 Å². The number of hydrogen-bond donors (Lipinski definition) is 3. The minimum absolute atomic E-state index is 0.0919. The van der Waals surface area contributed by atoms with Crippen LogP contribution in [0.25, 0.3) is 0 Å². The Bertz CT molecular complexity index is 780. The number of thiophene rings is 1. The molecule has 4 N–H and O–H groups in total. The Morgan fingerprint density at radius 3 is 2.71 bits per heavy atom. The highest BCUT2D eigenvalue weighted by Gasteiger charge is 2.18. The third-order valence-corrected chi connectivity index (χ3v) is 6.61. The lowest BCUT2D eigenvalue weighted by Gasteiger charge is -2.07. The fraction of sp³-hybridized carbons (Fsp3) is 0.0833. The number of halogens is 1. The zero-order valence-electron chi connectivity index (χ0n) is 10.9. The molecule has 2 aromatic rings. The monoisotopic (exact) mass is 389 g/mol. The minimum atomic E-state index is -3.67. The van der Waals surface area contributed by atoms with Crippen LogP contribution in [-0.4, -0.2) is 19.5 Å². The van der Waals surface area contributed by atoms with Crippen molar-refractivity contribution >= 4 is 48.8 Å². The SMILES string of the molecule is Cc1cc(S(=O)(=O)Nc2cccc(/C(N)=N/O)c2)sc1Br. The first kappa shape index (κ1) is 15.8. The summed E-state index contributed by atoms with van der Waals surface area (Å²) in [7, 11) is -3.67. The molecule has 0 saturated heterocycles. The van der Waals surface area contributed by atoms with Crippen molar-refractivity contribution in [1.29, 1.82) is 0 Å². The van der Waals surface area contributed by atoms with Gasteiger partial charge in [-0.3, -0.25) is 4.72 Å². The molecule has 1 aromatic carbocycles. The van der Waals surface area contributed by atoms with Crippen LogP contribution in [0.4, 0.5) is 5.69 Å². The van der Waals surface area contributed by atoms with Gasteiger partial charge in [-0.1, -0.05) is 17.3 Å². The molecule has 0 bridgehead atoms. The van der Waals surface area contributed by atoms with Crippen molar-refractivity contribution in [2.24, 2.45) is 10.9 Å². The molecule has 1 heterocycles. The van der Waals surface area contributed by atoms with E-state index in [2.05, 4.69) is 25.8 Å². The highest BCUT2D eigenvalue weighted by molar-refractivity contribution is 9.11. The van der Waals surface area contributed by atoms with E-state index in [9.17, 15) is 8.42 Å². The quantitative estimate of drug-likeness (QED) is 0.323. The van der Waals surface area contributed by atoms with Gasteiger partial charge in [-0.05, 0) is 46.6 Å². The van der Waals surface area contributed by atoms with E-state index in [1.165, 1.54) is 6.07 Å². The number of nitrogens with one attached hydrogen (secondary N) is 1. The van der Waals surface area contributed by atoms with E-state index in [1.54, 1.807) is 24.3 Å². The van der Waals surface area contributed by atoms with Crippen molar-refractivity contribution in [2.75, 3.05) is 4.72 Å². The van der Waals surface area contributed by atoms with Gasteiger partial charge in [-0.2, -0.15) is 0 Å². The number of hydrogen-bond acceptors (Lipinski definition) is 5. The summed E-state index contributed by atoms with van der Waals surface area (Å²) in [5.74, 6) is -0.0919. The van der Waals surface area contributed by atoms with Crippen molar-refractivity contribution in [3.05, 3.63) is 45.2 Å². The van der Waals surface area contributed by atoms with Gasteiger partial charge < -0.3 is 10.9 Å². The van der Waals surface area contributed by atoms with Crippen molar-refractivity contribution in [3.63, 3.8) is 0 Å². The summed E-state index contributed by atoms with van der Waals surface area (Å²) in [6.45, 7) is 1.82. The molecular formula is C12H12BrN3O3S2. The van der Waals surface area contributed by atoms with E-state index in [0.717, 1.165) is 20.7 Å². The highest BCUT2D eigenvalue weighted by Crippen LogP contribution is 2.31. The predicted molar refractivity (Wildman–Crippen MR) is 86.5 cm³/mol. The van der Waals surface area contributed by atoms with Crippen molar-refractivity contribution in [3.8, 4) is 0 Å². The normalized spacial score (nSPS) is 12.4.